The Hall–Kier alpha value is -3.50. The molecule has 178 valence electrons. The first-order valence-corrected chi connectivity index (χ1v) is 10.5. The molecular weight excluding hydrogens is 441 g/mol. The fourth-order valence-electron chi connectivity index (χ4n) is 3.63. The number of amides is 2. The van der Waals surface area contributed by atoms with Crippen LogP contribution in [0.1, 0.15) is 59.5 Å². The summed E-state index contributed by atoms with van der Waals surface area (Å²) in [5.41, 5.74) is 0.495. The van der Waals surface area contributed by atoms with E-state index in [1.165, 1.54) is 4.90 Å². The lowest BCUT2D eigenvalue weighted by atomic mass is 10.1. The number of hydrogen-bond acceptors (Lipinski definition) is 5. The molecule has 0 saturated carbocycles. The van der Waals surface area contributed by atoms with E-state index >= 15 is 0 Å². The van der Waals surface area contributed by atoms with Gasteiger partial charge in [0.15, 0.2) is 11.4 Å². The van der Waals surface area contributed by atoms with Gasteiger partial charge in [0.25, 0.3) is 11.8 Å². The minimum Gasteiger partial charge on any atom is -0.502 e. The molecule has 2 unspecified atom stereocenters. The Bertz CT molecular complexity index is 1130. The summed E-state index contributed by atoms with van der Waals surface area (Å²) in [6.45, 7) is 3.11. The van der Waals surface area contributed by atoms with Crippen molar-refractivity contribution in [2.75, 3.05) is 12.5 Å². The number of carbonyl (C=O) groups is 2. The van der Waals surface area contributed by atoms with Gasteiger partial charge in [-0.05, 0) is 26.2 Å². The van der Waals surface area contributed by atoms with Crippen molar-refractivity contribution in [1.29, 1.82) is 0 Å². The SMILES string of the molecule is CCC1CCC(C)N(C)C(=O)c2c(O)c(=O)c(C(=O)NCc3c(F)cc(F)cc3F)cn2N1. The van der Waals surface area contributed by atoms with Crippen LogP contribution in [0.25, 0.3) is 0 Å². The van der Waals surface area contributed by atoms with Crippen LogP contribution in [0.3, 0.4) is 0 Å². The topological polar surface area (TPSA) is 104 Å². The van der Waals surface area contributed by atoms with E-state index in [0.717, 1.165) is 10.9 Å². The molecule has 0 saturated heterocycles. The third-order valence-corrected chi connectivity index (χ3v) is 5.89. The van der Waals surface area contributed by atoms with Crippen LogP contribution in [0.5, 0.6) is 5.75 Å². The van der Waals surface area contributed by atoms with Gasteiger partial charge in [0.2, 0.25) is 5.43 Å². The molecule has 11 heteroatoms. The van der Waals surface area contributed by atoms with E-state index in [9.17, 15) is 32.7 Å². The highest BCUT2D eigenvalue weighted by Gasteiger charge is 2.30. The molecule has 8 nitrogen and oxygen atoms in total. The first-order chi connectivity index (χ1) is 15.5. The third kappa shape index (κ3) is 4.81. The molecule has 33 heavy (non-hydrogen) atoms. The van der Waals surface area contributed by atoms with Gasteiger partial charge < -0.3 is 20.7 Å². The number of hydrogen-bond donors (Lipinski definition) is 3. The summed E-state index contributed by atoms with van der Waals surface area (Å²) in [6.07, 6.45) is 3.11. The maximum atomic E-state index is 13.9. The highest BCUT2D eigenvalue weighted by molar-refractivity contribution is 5.98. The summed E-state index contributed by atoms with van der Waals surface area (Å²) in [5.74, 6) is -6.06. The number of carbonyl (C=O) groups excluding carboxylic acids is 2. The predicted octanol–water partition coefficient (Wildman–Crippen LogP) is 2.48. The Labute approximate surface area is 188 Å². The van der Waals surface area contributed by atoms with Gasteiger partial charge in [-0.25, -0.2) is 13.2 Å². The number of aromatic hydroxyl groups is 1. The van der Waals surface area contributed by atoms with E-state index < -0.39 is 58.1 Å². The third-order valence-electron chi connectivity index (χ3n) is 5.89. The summed E-state index contributed by atoms with van der Waals surface area (Å²) >= 11 is 0. The molecule has 1 aliphatic heterocycles. The number of nitrogens with zero attached hydrogens (tertiary/aromatic N) is 2. The van der Waals surface area contributed by atoms with Crippen molar-refractivity contribution in [3.05, 3.63) is 62.8 Å². The van der Waals surface area contributed by atoms with Crippen molar-refractivity contribution in [3.8, 4) is 5.75 Å². The summed E-state index contributed by atoms with van der Waals surface area (Å²) in [5, 5.41) is 12.8. The zero-order valence-corrected chi connectivity index (χ0v) is 18.4. The molecule has 1 aliphatic rings. The summed E-state index contributed by atoms with van der Waals surface area (Å²) in [7, 11) is 1.56. The largest absolute Gasteiger partial charge is 0.502 e. The average Bonchev–Trinajstić information content (AvgIpc) is 2.80. The first-order valence-electron chi connectivity index (χ1n) is 10.5. The van der Waals surface area contributed by atoms with Crippen LogP contribution in [0.2, 0.25) is 0 Å². The van der Waals surface area contributed by atoms with Gasteiger partial charge in [0, 0.05) is 49.6 Å². The minimum atomic E-state index is -1.20. The molecule has 0 spiro atoms. The van der Waals surface area contributed by atoms with Crippen molar-refractivity contribution in [1.82, 2.24) is 14.9 Å². The molecule has 0 aliphatic carbocycles. The lowest BCUT2D eigenvalue weighted by Gasteiger charge is -2.25. The Balaban J connectivity index is 1.99. The molecule has 2 heterocycles. The summed E-state index contributed by atoms with van der Waals surface area (Å²) in [4.78, 5) is 39.8. The van der Waals surface area contributed by atoms with Crippen LogP contribution in [0.4, 0.5) is 13.2 Å². The van der Waals surface area contributed by atoms with Gasteiger partial charge in [-0.3, -0.25) is 19.1 Å². The second kappa shape index (κ2) is 9.55. The van der Waals surface area contributed by atoms with Gasteiger partial charge in [-0.15, -0.1) is 0 Å². The second-order valence-electron chi connectivity index (χ2n) is 8.05. The van der Waals surface area contributed by atoms with Crippen LogP contribution < -0.4 is 16.2 Å². The standard InChI is InChI=1S/C22H25F3N4O4/c1-4-13-6-5-11(2)28(3)22(33)18-20(31)19(30)15(10-29(18)27-13)21(32)26-9-14-16(24)7-12(23)8-17(14)25/h7-8,10-11,13,27,31H,4-6,9H2,1-3H3,(H,26,32). The fraction of sp³-hybridized carbons (Fsp3) is 0.409. The van der Waals surface area contributed by atoms with E-state index in [0.29, 0.717) is 31.4 Å². The molecule has 0 radical (unpaired) electrons. The Morgan fingerprint density at radius 3 is 2.45 bits per heavy atom. The molecule has 1 aromatic carbocycles. The van der Waals surface area contributed by atoms with E-state index in [1.54, 1.807) is 7.05 Å². The first kappa shape index (κ1) is 24.1. The lowest BCUT2D eigenvalue weighted by molar-refractivity contribution is 0.0724. The van der Waals surface area contributed by atoms with Crippen molar-refractivity contribution < 1.29 is 27.9 Å². The minimum absolute atomic E-state index is 0.120. The van der Waals surface area contributed by atoms with E-state index in [2.05, 4.69) is 10.7 Å². The zero-order chi connectivity index (χ0) is 24.4. The molecule has 1 aromatic heterocycles. The number of nitrogens with one attached hydrogen (secondary N) is 2. The van der Waals surface area contributed by atoms with E-state index in [4.69, 9.17) is 0 Å². The molecule has 0 bridgehead atoms. The van der Waals surface area contributed by atoms with Crippen molar-refractivity contribution >= 4 is 11.8 Å². The molecular formula is C22H25F3N4O4. The number of benzene rings is 1. The maximum Gasteiger partial charge on any atom is 0.276 e. The number of pyridine rings is 1. The predicted molar refractivity (Wildman–Crippen MR) is 114 cm³/mol. The van der Waals surface area contributed by atoms with Crippen LogP contribution in [-0.4, -0.2) is 45.6 Å². The van der Waals surface area contributed by atoms with Crippen molar-refractivity contribution in [3.63, 3.8) is 0 Å². The number of halogens is 3. The van der Waals surface area contributed by atoms with Crippen LogP contribution in [-0.2, 0) is 6.54 Å². The number of fused-ring (bicyclic) bond motifs is 1. The van der Waals surface area contributed by atoms with Gasteiger partial charge >= 0.3 is 0 Å². The lowest BCUT2D eigenvalue weighted by Crippen LogP contribution is -2.39. The normalized spacial score (nSPS) is 18.6. The zero-order valence-electron chi connectivity index (χ0n) is 18.4. The second-order valence-corrected chi connectivity index (χ2v) is 8.05. The van der Waals surface area contributed by atoms with Crippen LogP contribution in [0.15, 0.2) is 23.1 Å². The Morgan fingerprint density at radius 2 is 1.85 bits per heavy atom. The smallest absolute Gasteiger partial charge is 0.276 e. The van der Waals surface area contributed by atoms with E-state index in [1.807, 2.05) is 13.8 Å². The molecule has 2 aromatic rings. The van der Waals surface area contributed by atoms with Crippen molar-refractivity contribution in [2.24, 2.45) is 0 Å². The van der Waals surface area contributed by atoms with Gasteiger partial charge in [0.1, 0.15) is 23.0 Å². The molecule has 3 rings (SSSR count). The number of aromatic nitrogens is 1. The Kier molecular flexibility index (Phi) is 6.99. The van der Waals surface area contributed by atoms with Crippen molar-refractivity contribution in [2.45, 2.75) is 51.7 Å². The number of rotatable bonds is 4. The molecule has 2 atom stereocenters. The molecule has 0 fully saturated rings. The van der Waals surface area contributed by atoms with Gasteiger partial charge in [-0.1, -0.05) is 6.92 Å². The van der Waals surface area contributed by atoms with E-state index in [-0.39, 0.29) is 17.8 Å². The van der Waals surface area contributed by atoms with Crippen LogP contribution >= 0.6 is 0 Å². The summed E-state index contributed by atoms with van der Waals surface area (Å²) < 4.78 is 42.0. The summed E-state index contributed by atoms with van der Waals surface area (Å²) in [6, 6.07) is 0.665. The van der Waals surface area contributed by atoms with Gasteiger partial charge in [0.05, 0.1) is 0 Å². The molecule has 2 amide bonds. The quantitative estimate of drug-likeness (QED) is 0.643. The average molecular weight is 466 g/mol. The molecule has 3 N–H and O–H groups in total. The fourth-order valence-corrected chi connectivity index (χ4v) is 3.63. The maximum absolute atomic E-state index is 13.9. The highest BCUT2D eigenvalue weighted by atomic mass is 19.1. The van der Waals surface area contributed by atoms with Gasteiger partial charge in [-0.2, -0.15) is 0 Å². The Morgan fingerprint density at radius 1 is 1.21 bits per heavy atom. The highest BCUT2D eigenvalue weighted by Crippen LogP contribution is 2.21. The van der Waals surface area contributed by atoms with Crippen LogP contribution in [0, 0.1) is 17.5 Å². The monoisotopic (exact) mass is 466 g/mol.